The van der Waals surface area contributed by atoms with Gasteiger partial charge in [-0.25, -0.2) is 9.79 Å². The molecule has 53 heavy (non-hydrogen) atoms. The normalized spacial score (nSPS) is 14.3. The van der Waals surface area contributed by atoms with Crippen molar-refractivity contribution in [3.8, 4) is 17.2 Å². The van der Waals surface area contributed by atoms with Gasteiger partial charge in [0, 0.05) is 36.2 Å². The summed E-state index contributed by atoms with van der Waals surface area (Å²) in [5.74, 6) is -1.30. The molecule has 0 saturated carbocycles. The van der Waals surface area contributed by atoms with E-state index in [1.807, 2.05) is 0 Å². The highest BCUT2D eigenvalue weighted by atomic mass is 32.2. The quantitative estimate of drug-likeness (QED) is 0.0416. The van der Waals surface area contributed by atoms with Crippen molar-refractivity contribution in [3.63, 3.8) is 0 Å². The Hall–Kier alpha value is -5.14. The molecule has 4 rings (SSSR count). The van der Waals surface area contributed by atoms with E-state index in [1.54, 1.807) is 53.7 Å². The van der Waals surface area contributed by atoms with Gasteiger partial charge < -0.3 is 29.4 Å². The lowest BCUT2D eigenvalue weighted by molar-refractivity contribution is -0.198. The first-order valence-corrected chi connectivity index (χ1v) is 18.4. The van der Waals surface area contributed by atoms with Gasteiger partial charge in [-0.05, 0) is 101 Å². The fourth-order valence-electron chi connectivity index (χ4n) is 6.08. The van der Waals surface area contributed by atoms with Crippen molar-refractivity contribution in [1.82, 2.24) is 10.3 Å². The van der Waals surface area contributed by atoms with Gasteiger partial charge in [0.05, 0.1) is 5.70 Å². The number of rotatable bonds is 11. The zero-order chi connectivity index (χ0) is 39.7. The van der Waals surface area contributed by atoms with Gasteiger partial charge in [-0.3, -0.25) is 18.7 Å². The Balaban J connectivity index is 1.72. The van der Waals surface area contributed by atoms with Crippen LogP contribution in [0.4, 0.5) is 5.82 Å². The van der Waals surface area contributed by atoms with Crippen molar-refractivity contribution in [2.45, 2.75) is 74.1 Å². The van der Waals surface area contributed by atoms with Crippen molar-refractivity contribution in [2.24, 2.45) is 4.99 Å². The number of amides is 2. The Labute approximate surface area is 308 Å². The SMILES string of the molecule is CC(=O)NC1=NC(=Cc2[nH]c(NC(C)=O)c(C(=O)Oc3c(C)cc(C)c(S(=O)(=O)O)c3C)c2C)C(C)=C1COOc1c(C)cc(C)c(OS(=O)O)c1C. The lowest BCUT2D eigenvalue weighted by Gasteiger charge is -2.16. The maximum absolute atomic E-state index is 13.7. The molecule has 0 spiro atoms. The summed E-state index contributed by atoms with van der Waals surface area (Å²) in [5.41, 5.74) is 4.45. The summed E-state index contributed by atoms with van der Waals surface area (Å²) in [6, 6.07) is 3.17. The number of aliphatic imine (C=N–C) groups is 1. The summed E-state index contributed by atoms with van der Waals surface area (Å²) < 4.78 is 65.4. The molecule has 0 fully saturated rings. The van der Waals surface area contributed by atoms with Gasteiger partial charge in [-0.2, -0.15) is 17.5 Å². The third-order valence-corrected chi connectivity index (χ3v) is 9.79. The first-order valence-electron chi connectivity index (χ1n) is 15.9. The minimum absolute atomic E-state index is 0.00383. The second-order valence-corrected chi connectivity index (χ2v) is 14.4. The number of allylic oxidation sites excluding steroid dienone is 1. The molecule has 1 aliphatic heterocycles. The summed E-state index contributed by atoms with van der Waals surface area (Å²) in [6.45, 7) is 15.3. The Morgan fingerprint density at radius 1 is 0.868 bits per heavy atom. The average Bonchev–Trinajstić information content (AvgIpc) is 3.47. The molecular formula is C35H40N4O12S2. The fraction of sp³-hybridized carbons (Fsp3) is 0.314. The van der Waals surface area contributed by atoms with E-state index in [1.165, 1.54) is 33.8 Å². The minimum atomic E-state index is -4.64. The van der Waals surface area contributed by atoms with Gasteiger partial charge in [0.1, 0.15) is 34.5 Å². The number of anilines is 1. The van der Waals surface area contributed by atoms with Crippen LogP contribution in [0.15, 0.2) is 38.9 Å². The van der Waals surface area contributed by atoms with E-state index in [0.29, 0.717) is 50.4 Å². The summed E-state index contributed by atoms with van der Waals surface area (Å²) in [4.78, 5) is 56.4. The van der Waals surface area contributed by atoms with Crippen molar-refractivity contribution in [1.29, 1.82) is 0 Å². The number of H-pyrrole nitrogens is 1. The number of aromatic nitrogens is 1. The largest absolute Gasteiger partial charge is 0.422 e. The van der Waals surface area contributed by atoms with Crippen molar-refractivity contribution in [2.75, 3.05) is 11.9 Å². The number of nitrogens with one attached hydrogen (secondary N) is 3. The average molecular weight is 773 g/mol. The molecule has 0 bridgehead atoms. The van der Waals surface area contributed by atoms with Crippen LogP contribution >= 0.6 is 0 Å². The molecule has 284 valence electrons. The Morgan fingerprint density at radius 3 is 2.04 bits per heavy atom. The van der Waals surface area contributed by atoms with Gasteiger partial charge in [0.15, 0.2) is 11.5 Å². The molecule has 2 heterocycles. The smallest absolute Gasteiger partial charge is 0.357 e. The second kappa shape index (κ2) is 15.8. The van der Waals surface area contributed by atoms with Gasteiger partial charge in [-0.15, -0.1) is 0 Å². The monoisotopic (exact) mass is 772 g/mol. The highest BCUT2D eigenvalue weighted by Gasteiger charge is 2.29. The third-order valence-electron chi connectivity index (χ3n) is 8.34. The molecule has 1 atom stereocenters. The Morgan fingerprint density at radius 2 is 1.45 bits per heavy atom. The number of carbonyl (C=O) groups excluding carboxylic acids is 3. The van der Waals surface area contributed by atoms with Crippen LogP contribution in [-0.4, -0.2) is 56.9 Å². The summed E-state index contributed by atoms with van der Waals surface area (Å²) in [7, 11) is -4.64. The molecule has 2 aromatic carbocycles. The topological polar surface area (TPSA) is 232 Å². The first kappa shape index (κ1) is 40.6. The summed E-state index contributed by atoms with van der Waals surface area (Å²) in [5, 5.41) is 5.26. The predicted octanol–water partition coefficient (Wildman–Crippen LogP) is 5.33. The maximum atomic E-state index is 13.7. The molecule has 0 aliphatic carbocycles. The number of nitrogens with zero attached hydrogens (tertiary/aromatic N) is 1. The molecule has 16 nitrogen and oxygen atoms in total. The van der Waals surface area contributed by atoms with Crippen LogP contribution in [0, 0.1) is 48.5 Å². The van der Waals surface area contributed by atoms with Gasteiger partial charge >= 0.3 is 17.3 Å². The van der Waals surface area contributed by atoms with Crippen LogP contribution in [0.2, 0.25) is 0 Å². The van der Waals surface area contributed by atoms with Gasteiger partial charge in [0.25, 0.3) is 10.1 Å². The number of hydrogen-bond donors (Lipinski definition) is 5. The van der Waals surface area contributed by atoms with Crippen molar-refractivity contribution in [3.05, 3.63) is 79.2 Å². The van der Waals surface area contributed by atoms with Crippen LogP contribution in [0.3, 0.4) is 0 Å². The number of amidine groups is 1. The van der Waals surface area contributed by atoms with E-state index < -0.39 is 39.3 Å². The number of carbonyl (C=O) groups is 3. The number of esters is 1. The van der Waals surface area contributed by atoms with Crippen LogP contribution in [0.5, 0.6) is 17.2 Å². The minimum Gasteiger partial charge on any atom is -0.422 e. The third kappa shape index (κ3) is 8.91. The molecule has 1 aliphatic rings. The van der Waals surface area contributed by atoms with Crippen molar-refractivity contribution < 1.29 is 54.8 Å². The zero-order valence-corrected chi connectivity index (χ0v) is 32.3. The van der Waals surface area contributed by atoms with Crippen LogP contribution < -0.4 is 24.4 Å². The molecule has 5 N–H and O–H groups in total. The fourth-order valence-corrected chi connectivity index (χ4v) is 7.43. The van der Waals surface area contributed by atoms with E-state index in [9.17, 15) is 36.1 Å². The Kier molecular flexibility index (Phi) is 12.1. The Bertz CT molecular complexity index is 2290. The van der Waals surface area contributed by atoms with Crippen LogP contribution in [-0.2, 0) is 36.0 Å². The van der Waals surface area contributed by atoms with E-state index in [0.717, 1.165) is 0 Å². The van der Waals surface area contributed by atoms with Gasteiger partial charge in [-0.1, -0.05) is 6.07 Å². The number of hydrogen-bond acceptors (Lipinski definition) is 11. The van der Waals surface area contributed by atoms with Gasteiger partial charge in [0.2, 0.25) is 11.8 Å². The molecule has 0 saturated heterocycles. The number of aryl methyl sites for hydroxylation is 4. The molecular weight excluding hydrogens is 733 g/mol. The van der Waals surface area contributed by atoms with Crippen molar-refractivity contribution >= 4 is 57.0 Å². The lowest BCUT2D eigenvalue weighted by Crippen LogP contribution is -2.30. The van der Waals surface area contributed by atoms with E-state index in [-0.39, 0.29) is 57.1 Å². The van der Waals surface area contributed by atoms with E-state index >= 15 is 0 Å². The summed E-state index contributed by atoms with van der Waals surface area (Å²) >= 11 is -2.56. The first-order chi connectivity index (χ1) is 24.6. The van der Waals surface area contributed by atoms with E-state index in [2.05, 4.69) is 20.6 Å². The zero-order valence-electron chi connectivity index (χ0n) is 30.7. The lowest BCUT2D eigenvalue weighted by atomic mass is 10.1. The standard InChI is InChI=1S/C35H40N4O12S2/c1-15-12-18(4)32(53(45,46)47)22(8)29(15)49-35(42)28-20(6)27(39-34(28)37-24(10)41)13-26-19(5)25(33(38-26)36-23(9)40)14-48-50-30-16(2)11-17(3)31(21(30)7)51-52(43)44/h11-13,39H,14H2,1-10H3,(H,37,41)(H,43,44)(H,36,38,40)(H,45,46,47). The molecule has 0 radical (unpaired) electrons. The molecule has 3 aromatic rings. The number of aromatic amines is 1. The summed E-state index contributed by atoms with van der Waals surface area (Å²) in [6.07, 6.45) is 1.59. The van der Waals surface area contributed by atoms with Crippen LogP contribution in [0.1, 0.15) is 75.8 Å². The molecule has 1 aromatic heterocycles. The van der Waals surface area contributed by atoms with E-state index in [4.69, 9.17) is 18.7 Å². The number of benzene rings is 2. The second-order valence-electron chi connectivity index (χ2n) is 12.5. The molecule has 2 amide bonds. The highest BCUT2D eigenvalue weighted by molar-refractivity contribution is 7.86. The highest BCUT2D eigenvalue weighted by Crippen LogP contribution is 2.37. The number of ether oxygens (including phenoxy) is 1. The molecule has 1 unspecified atom stereocenters. The van der Waals surface area contributed by atoms with Crippen LogP contribution in [0.25, 0.3) is 6.08 Å². The molecule has 18 heteroatoms. The maximum Gasteiger partial charge on any atom is 0.357 e. The predicted molar refractivity (Wildman–Crippen MR) is 196 cm³/mol.